The molecule has 5 rings (SSSR count). The number of ether oxygens (including phenoxy) is 1. The first-order chi connectivity index (χ1) is 24.5. The SMILES string of the molecule is C[C@@H]1CC(=O)O[C@H](CO[Si](c2ccccc2)(c2ccccc2)C(C)(C)C)[C@@H](O[Si](c2ccccc2)(c2ccccc2)C(C)(C)C)C/C=C/1[Si](C)(C)C. The minimum absolute atomic E-state index is 0.101. The summed E-state index contributed by atoms with van der Waals surface area (Å²) < 4.78 is 22.1. The predicted molar refractivity (Wildman–Crippen MR) is 226 cm³/mol. The van der Waals surface area contributed by atoms with Gasteiger partial charge in [-0.25, -0.2) is 0 Å². The first-order valence-electron chi connectivity index (χ1n) is 18.9. The van der Waals surface area contributed by atoms with Crippen LogP contribution in [0.5, 0.6) is 0 Å². The number of carbonyl (C=O) groups excluding carboxylic acids is 1. The van der Waals surface area contributed by atoms with Crippen molar-refractivity contribution in [1.82, 2.24) is 0 Å². The molecular weight excluding hydrogens is 689 g/mol. The van der Waals surface area contributed by atoms with Gasteiger partial charge >= 0.3 is 5.97 Å². The first kappa shape index (κ1) is 39.9. The minimum atomic E-state index is -3.03. The van der Waals surface area contributed by atoms with Gasteiger partial charge in [-0.15, -0.1) is 0 Å². The van der Waals surface area contributed by atoms with Gasteiger partial charge in [-0.1, -0.05) is 201 Å². The maximum absolute atomic E-state index is 14.1. The molecule has 276 valence electrons. The zero-order valence-electron chi connectivity index (χ0n) is 33.1. The molecule has 4 nitrogen and oxygen atoms in total. The molecule has 0 amide bonds. The third-order valence-electron chi connectivity index (χ3n) is 10.8. The van der Waals surface area contributed by atoms with Crippen LogP contribution in [0.25, 0.3) is 0 Å². The Hall–Kier alpha value is -3.34. The van der Waals surface area contributed by atoms with Gasteiger partial charge in [0, 0.05) is 0 Å². The van der Waals surface area contributed by atoms with Gasteiger partial charge in [-0.2, -0.15) is 0 Å². The molecule has 0 N–H and O–H groups in total. The zero-order chi connectivity index (χ0) is 37.8. The molecule has 4 aromatic carbocycles. The Morgan fingerprint density at radius 1 is 0.635 bits per heavy atom. The van der Waals surface area contributed by atoms with Gasteiger partial charge in [0.1, 0.15) is 6.10 Å². The summed E-state index contributed by atoms with van der Waals surface area (Å²) in [6.45, 7) is 23.3. The number of carbonyl (C=O) groups is 1. The Bertz CT molecular complexity index is 1690. The van der Waals surface area contributed by atoms with Gasteiger partial charge in [-0.3, -0.25) is 4.79 Å². The summed E-state index contributed by atoms with van der Waals surface area (Å²) in [5, 5.41) is 5.72. The third-order valence-corrected chi connectivity index (χ3v) is 23.3. The second kappa shape index (κ2) is 15.9. The number of cyclic esters (lactones) is 1. The van der Waals surface area contributed by atoms with Crippen LogP contribution in [0.1, 0.15) is 61.3 Å². The molecule has 0 spiro atoms. The first-order valence-corrected chi connectivity index (χ1v) is 26.3. The smallest absolute Gasteiger partial charge is 0.306 e. The number of rotatable bonds is 10. The van der Waals surface area contributed by atoms with Crippen molar-refractivity contribution < 1.29 is 18.4 Å². The van der Waals surface area contributed by atoms with Crippen LogP contribution in [0.4, 0.5) is 0 Å². The molecule has 0 saturated carbocycles. The minimum Gasteiger partial charge on any atom is -0.457 e. The van der Waals surface area contributed by atoms with Gasteiger partial charge in [0.15, 0.2) is 0 Å². The zero-order valence-corrected chi connectivity index (χ0v) is 36.1. The molecule has 1 aliphatic rings. The van der Waals surface area contributed by atoms with E-state index in [0.717, 1.165) is 0 Å². The van der Waals surface area contributed by atoms with E-state index in [1.165, 1.54) is 25.9 Å². The van der Waals surface area contributed by atoms with Gasteiger partial charge in [0.2, 0.25) is 0 Å². The number of benzene rings is 4. The molecule has 0 fully saturated rings. The molecule has 7 heteroatoms. The highest BCUT2D eigenvalue weighted by Gasteiger charge is 2.54. The molecule has 3 atom stereocenters. The van der Waals surface area contributed by atoms with E-state index in [1.807, 2.05) is 0 Å². The Balaban J connectivity index is 1.72. The van der Waals surface area contributed by atoms with Crippen LogP contribution in [0.2, 0.25) is 29.7 Å². The van der Waals surface area contributed by atoms with E-state index in [1.54, 1.807) is 0 Å². The predicted octanol–water partition coefficient (Wildman–Crippen LogP) is 8.65. The van der Waals surface area contributed by atoms with Crippen LogP contribution in [-0.2, 0) is 18.4 Å². The standard InChI is InChI=1S/C45H60O4Si3/c1-35-33-43(46)48-41(34-47-51(44(2,3)4,36-23-15-11-16-24-36)37-25-17-12-18-26-37)40(31-32-42(35)50(8,9)10)49-52(45(5,6)7,38-27-19-13-20-28-38)39-29-21-14-22-30-39/h11-30,32,35,40-41H,31,33-34H2,1-10H3/b42-32-/t35-,40+,41-/m1/s1. The average molecular weight is 749 g/mol. The van der Waals surface area contributed by atoms with Crippen molar-refractivity contribution in [2.24, 2.45) is 5.92 Å². The van der Waals surface area contributed by atoms with Gasteiger partial charge in [-0.05, 0) is 43.2 Å². The molecule has 0 aromatic heterocycles. The monoisotopic (exact) mass is 748 g/mol. The summed E-state index contributed by atoms with van der Waals surface area (Å²) in [5.74, 6) is -0.0883. The fourth-order valence-corrected chi connectivity index (χ4v) is 20.0. The average Bonchev–Trinajstić information content (AvgIpc) is 3.15. The second-order valence-corrected chi connectivity index (χ2v) is 31.2. The van der Waals surface area contributed by atoms with Crippen molar-refractivity contribution in [3.05, 3.63) is 133 Å². The van der Waals surface area contributed by atoms with Crippen molar-refractivity contribution in [2.45, 2.75) is 103 Å². The maximum atomic E-state index is 14.1. The lowest BCUT2D eigenvalue weighted by Gasteiger charge is -2.47. The molecule has 0 saturated heterocycles. The lowest BCUT2D eigenvalue weighted by molar-refractivity contribution is -0.157. The highest BCUT2D eigenvalue weighted by molar-refractivity contribution is 7.00. The molecule has 4 aromatic rings. The highest BCUT2D eigenvalue weighted by Crippen LogP contribution is 2.41. The van der Waals surface area contributed by atoms with Crippen LogP contribution >= 0.6 is 0 Å². The van der Waals surface area contributed by atoms with E-state index in [0.29, 0.717) is 12.8 Å². The highest BCUT2D eigenvalue weighted by atomic mass is 28.4. The Kier molecular flexibility index (Phi) is 12.2. The van der Waals surface area contributed by atoms with Gasteiger partial charge in [0.25, 0.3) is 16.6 Å². The lowest BCUT2D eigenvalue weighted by atomic mass is 10.1. The summed E-state index contributed by atoms with van der Waals surface area (Å²) in [4.78, 5) is 14.1. The number of hydrogen-bond donors (Lipinski definition) is 0. The second-order valence-electron chi connectivity index (χ2n) is 17.6. The van der Waals surface area contributed by atoms with Crippen molar-refractivity contribution in [1.29, 1.82) is 0 Å². The number of hydrogen-bond acceptors (Lipinski definition) is 4. The van der Waals surface area contributed by atoms with Gasteiger partial charge < -0.3 is 13.6 Å². The van der Waals surface area contributed by atoms with Gasteiger partial charge in [0.05, 0.1) is 27.2 Å². The lowest BCUT2D eigenvalue weighted by Crippen LogP contribution is -2.69. The van der Waals surface area contributed by atoms with E-state index in [2.05, 4.69) is 196 Å². The summed E-state index contributed by atoms with van der Waals surface area (Å²) in [6, 6.07) is 42.9. The van der Waals surface area contributed by atoms with Crippen molar-refractivity contribution in [2.75, 3.05) is 6.61 Å². The van der Waals surface area contributed by atoms with Crippen LogP contribution in [0.15, 0.2) is 133 Å². The van der Waals surface area contributed by atoms with E-state index < -0.39 is 36.9 Å². The Labute approximate surface area is 316 Å². The fourth-order valence-electron chi connectivity index (χ4n) is 8.45. The fraction of sp³-hybridized carbons (Fsp3) is 0.400. The molecule has 52 heavy (non-hydrogen) atoms. The van der Waals surface area contributed by atoms with Crippen LogP contribution in [-0.4, -0.2) is 49.5 Å². The normalized spacial score (nSPS) is 20.5. The van der Waals surface area contributed by atoms with Crippen LogP contribution in [0, 0.1) is 5.92 Å². The van der Waals surface area contributed by atoms with Crippen molar-refractivity contribution in [3.63, 3.8) is 0 Å². The molecule has 0 unspecified atom stereocenters. The van der Waals surface area contributed by atoms with E-state index in [4.69, 9.17) is 13.6 Å². The quantitative estimate of drug-likeness (QED) is 0.120. The number of allylic oxidation sites excluding steroid dienone is 1. The summed E-state index contributed by atoms with van der Waals surface area (Å²) in [6.07, 6.45) is 2.33. The largest absolute Gasteiger partial charge is 0.457 e. The maximum Gasteiger partial charge on any atom is 0.306 e. The van der Waals surface area contributed by atoms with E-state index in [-0.39, 0.29) is 28.6 Å². The van der Waals surface area contributed by atoms with Crippen molar-refractivity contribution in [3.8, 4) is 0 Å². The van der Waals surface area contributed by atoms with E-state index >= 15 is 0 Å². The molecule has 0 aliphatic carbocycles. The molecule has 0 bridgehead atoms. The molecule has 1 heterocycles. The topological polar surface area (TPSA) is 44.8 Å². The van der Waals surface area contributed by atoms with Crippen molar-refractivity contribution >= 4 is 51.4 Å². The molecule has 1 aliphatic heterocycles. The summed E-state index contributed by atoms with van der Waals surface area (Å²) >= 11 is 0. The Morgan fingerprint density at radius 2 is 1.02 bits per heavy atom. The summed E-state index contributed by atoms with van der Waals surface area (Å²) in [5.41, 5.74) is 0. The van der Waals surface area contributed by atoms with Crippen LogP contribution < -0.4 is 20.7 Å². The number of esters is 1. The van der Waals surface area contributed by atoms with Crippen LogP contribution in [0.3, 0.4) is 0 Å². The molecular formula is C45H60O4Si3. The van der Waals surface area contributed by atoms with E-state index in [9.17, 15) is 4.79 Å². The summed E-state index contributed by atoms with van der Waals surface area (Å²) in [7, 11) is -7.76. The Morgan fingerprint density at radius 3 is 1.38 bits per heavy atom. The third kappa shape index (κ3) is 8.24. The molecule has 0 radical (unpaired) electrons.